The highest BCUT2D eigenvalue weighted by atomic mass is 16.1. The lowest BCUT2D eigenvalue weighted by Crippen LogP contribution is -2.32. The number of likely N-dealkylation sites (N-methyl/N-ethyl adjacent to an activating group) is 1. The van der Waals surface area contributed by atoms with E-state index in [2.05, 4.69) is 9.88 Å². The minimum absolute atomic E-state index is 0.325. The van der Waals surface area contributed by atoms with E-state index in [1.165, 1.54) is 19.3 Å². The molecule has 0 aliphatic heterocycles. The van der Waals surface area contributed by atoms with Gasteiger partial charge in [0.05, 0.1) is 6.54 Å². The zero-order chi connectivity index (χ0) is 13.5. The SMILES string of the molecule is CN(CCc1ccccn1)CC(=O)C1CCCCC1. The third-order valence-corrected chi connectivity index (χ3v) is 3.96. The third kappa shape index (κ3) is 4.75. The fourth-order valence-electron chi connectivity index (χ4n) is 2.75. The average molecular weight is 260 g/mol. The molecule has 104 valence electrons. The van der Waals surface area contributed by atoms with Crippen molar-refractivity contribution in [2.75, 3.05) is 20.1 Å². The van der Waals surface area contributed by atoms with Gasteiger partial charge in [-0.2, -0.15) is 0 Å². The fourth-order valence-corrected chi connectivity index (χ4v) is 2.75. The van der Waals surface area contributed by atoms with Crippen LogP contribution in [0.15, 0.2) is 24.4 Å². The number of hydrogen-bond donors (Lipinski definition) is 0. The van der Waals surface area contributed by atoms with Gasteiger partial charge < -0.3 is 0 Å². The molecule has 0 atom stereocenters. The van der Waals surface area contributed by atoms with Crippen LogP contribution in [0.5, 0.6) is 0 Å². The van der Waals surface area contributed by atoms with Crippen molar-refractivity contribution < 1.29 is 4.79 Å². The third-order valence-electron chi connectivity index (χ3n) is 3.96. The number of nitrogens with zero attached hydrogens (tertiary/aromatic N) is 2. The summed E-state index contributed by atoms with van der Waals surface area (Å²) in [6.07, 6.45) is 8.71. The quantitative estimate of drug-likeness (QED) is 0.788. The first kappa shape index (κ1) is 14.2. The molecule has 1 heterocycles. The Labute approximate surface area is 116 Å². The maximum atomic E-state index is 12.2. The molecule has 0 bridgehead atoms. The standard InChI is InChI=1S/C16H24N2O/c1-18(12-10-15-9-5-6-11-17-15)13-16(19)14-7-3-2-4-8-14/h5-6,9,11,14H,2-4,7-8,10,12-13H2,1H3. The number of pyridine rings is 1. The minimum atomic E-state index is 0.325. The van der Waals surface area contributed by atoms with Gasteiger partial charge in [0.1, 0.15) is 5.78 Å². The molecule has 19 heavy (non-hydrogen) atoms. The van der Waals surface area contributed by atoms with Crippen LogP contribution >= 0.6 is 0 Å². The summed E-state index contributed by atoms with van der Waals surface area (Å²) < 4.78 is 0. The molecule has 0 unspecified atom stereocenters. The lowest BCUT2D eigenvalue weighted by atomic mass is 9.86. The summed E-state index contributed by atoms with van der Waals surface area (Å²) >= 11 is 0. The maximum absolute atomic E-state index is 12.2. The second-order valence-corrected chi connectivity index (χ2v) is 5.61. The van der Waals surface area contributed by atoms with Gasteiger partial charge in [-0.15, -0.1) is 0 Å². The van der Waals surface area contributed by atoms with E-state index >= 15 is 0 Å². The Balaban J connectivity index is 1.71. The second kappa shape index (κ2) is 7.39. The Kier molecular flexibility index (Phi) is 5.52. The van der Waals surface area contributed by atoms with Crippen LogP contribution in [0.25, 0.3) is 0 Å². The van der Waals surface area contributed by atoms with Crippen molar-refractivity contribution in [3.05, 3.63) is 30.1 Å². The zero-order valence-corrected chi connectivity index (χ0v) is 11.8. The summed E-state index contributed by atoms with van der Waals surface area (Å²) in [5, 5.41) is 0. The van der Waals surface area contributed by atoms with Crippen LogP contribution in [-0.4, -0.2) is 35.8 Å². The number of carbonyl (C=O) groups excluding carboxylic acids is 1. The molecule has 1 fully saturated rings. The highest BCUT2D eigenvalue weighted by Crippen LogP contribution is 2.24. The van der Waals surface area contributed by atoms with Gasteiger partial charge in [-0.3, -0.25) is 14.7 Å². The van der Waals surface area contributed by atoms with E-state index in [4.69, 9.17) is 0 Å². The predicted octanol–water partition coefficient (Wildman–Crippen LogP) is 2.71. The van der Waals surface area contributed by atoms with Crippen LogP contribution in [0.4, 0.5) is 0 Å². The molecule has 0 aromatic carbocycles. The van der Waals surface area contributed by atoms with Crippen molar-refractivity contribution in [2.24, 2.45) is 5.92 Å². The Morgan fingerprint density at radius 3 is 2.79 bits per heavy atom. The normalized spacial score (nSPS) is 16.7. The molecule has 0 spiro atoms. The minimum Gasteiger partial charge on any atom is -0.299 e. The summed E-state index contributed by atoms with van der Waals surface area (Å²) in [6.45, 7) is 1.49. The van der Waals surface area contributed by atoms with Crippen molar-refractivity contribution >= 4 is 5.78 Å². The topological polar surface area (TPSA) is 33.2 Å². The molecular formula is C16H24N2O. The molecule has 1 aromatic rings. The summed E-state index contributed by atoms with van der Waals surface area (Å²) in [5.74, 6) is 0.759. The number of Topliss-reactive ketones (excluding diaryl/α,β-unsaturated/α-hetero) is 1. The van der Waals surface area contributed by atoms with Crippen LogP contribution in [0.3, 0.4) is 0 Å². The first-order valence-corrected chi connectivity index (χ1v) is 7.37. The van der Waals surface area contributed by atoms with Crippen LogP contribution in [0.2, 0.25) is 0 Å². The first-order chi connectivity index (χ1) is 9.25. The van der Waals surface area contributed by atoms with Crippen molar-refractivity contribution in [1.29, 1.82) is 0 Å². The molecule has 3 heteroatoms. The lowest BCUT2D eigenvalue weighted by Gasteiger charge is -2.23. The molecule has 1 aliphatic carbocycles. The van der Waals surface area contributed by atoms with E-state index in [9.17, 15) is 4.79 Å². The van der Waals surface area contributed by atoms with Gasteiger partial charge in [0.25, 0.3) is 0 Å². The zero-order valence-electron chi connectivity index (χ0n) is 11.8. The monoisotopic (exact) mass is 260 g/mol. The highest BCUT2D eigenvalue weighted by Gasteiger charge is 2.21. The van der Waals surface area contributed by atoms with Crippen LogP contribution in [0, 0.1) is 5.92 Å². The van der Waals surface area contributed by atoms with Gasteiger partial charge in [0, 0.05) is 30.8 Å². The number of aromatic nitrogens is 1. The molecule has 2 rings (SSSR count). The van der Waals surface area contributed by atoms with Crippen molar-refractivity contribution in [1.82, 2.24) is 9.88 Å². The summed E-state index contributed by atoms with van der Waals surface area (Å²) in [6, 6.07) is 5.98. The summed E-state index contributed by atoms with van der Waals surface area (Å²) in [5.41, 5.74) is 1.10. The fraction of sp³-hybridized carbons (Fsp3) is 0.625. The number of rotatable bonds is 6. The Hall–Kier alpha value is -1.22. The molecule has 0 saturated heterocycles. The Morgan fingerprint density at radius 2 is 2.11 bits per heavy atom. The summed E-state index contributed by atoms with van der Waals surface area (Å²) in [7, 11) is 2.03. The van der Waals surface area contributed by atoms with Gasteiger partial charge in [-0.05, 0) is 32.0 Å². The van der Waals surface area contributed by atoms with Gasteiger partial charge >= 0.3 is 0 Å². The predicted molar refractivity (Wildman–Crippen MR) is 77.0 cm³/mol. The van der Waals surface area contributed by atoms with Crippen LogP contribution in [0.1, 0.15) is 37.8 Å². The number of carbonyl (C=O) groups is 1. The van der Waals surface area contributed by atoms with Crippen molar-refractivity contribution in [3.63, 3.8) is 0 Å². The average Bonchev–Trinajstić information content (AvgIpc) is 2.47. The smallest absolute Gasteiger partial charge is 0.149 e. The Morgan fingerprint density at radius 1 is 1.32 bits per heavy atom. The first-order valence-electron chi connectivity index (χ1n) is 7.37. The molecule has 0 amide bonds. The van der Waals surface area contributed by atoms with E-state index in [-0.39, 0.29) is 0 Å². The Bertz CT molecular complexity index is 385. The lowest BCUT2D eigenvalue weighted by molar-refractivity contribution is -0.124. The van der Waals surface area contributed by atoms with E-state index < -0.39 is 0 Å². The van der Waals surface area contributed by atoms with Gasteiger partial charge in [0.15, 0.2) is 0 Å². The van der Waals surface area contributed by atoms with Gasteiger partial charge in [0.2, 0.25) is 0 Å². The van der Waals surface area contributed by atoms with E-state index in [1.807, 2.05) is 31.4 Å². The number of hydrogen-bond acceptors (Lipinski definition) is 3. The largest absolute Gasteiger partial charge is 0.299 e. The highest BCUT2D eigenvalue weighted by molar-refractivity contribution is 5.83. The molecule has 1 saturated carbocycles. The summed E-state index contributed by atoms with van der Waals surface area (Å²) in [4.78, 5) is 18.6. The van der Waals surface area contributed by atoms with Crippen molar-refractivity contribution in [2.45, 2.75) is 38.5 Å². The van der Waals surface area contributed by atoms with Gasteiger partial charge in [-0.1, -0.05) is 25.3 Å². The molecule has 1 aliphatic rings. The molecule has 0 N–H and O–H groups in total. The molecule has 0 radical (unpaired) electrons. The number of ketones is 1. The van der Waals surface area contributed by atoms with E-state index in [1.54, 1.807) is 0 Å². The van der Waals surface area contributed by atoms with Gasteiger partial charge in [-0.25, -0.2) is 0 Å². The van der Waals surface area contributed by atoms with E-state index in [0.717, 1.165) is 31.5 Å². The van der Waals surface area contributed by atoms with Crippen LogP contribution in [-0.2, 0) is 11.2 Å². The van der Waals surface area contributed by atoms with E-state index in [0.29, 0.717) is 18.2 Å². The van der Waals surface area contributed by atoms with Crippen LogP contribution < -0.4 is 0 Å². The molecule has 1 aromatic heterocycles. The maximum Gasteiger partial charge on any atom is 0.149 e. The van der Waals surface area contributed by atoms with Crippen molar-refractivity contribution in [3.8, 4) is 0 Å². The molecular weight excluding hydrogens is 236 g/mol. The molecule has 3 nitrogen and oxygen atoms in total. The second-order valence-electron chi connectivity index (χ2n) is 5.61.